The number of para-hydroxylation sites is 1. The average molecular weight is 391 g/mol. The topological polar surface area (TPSA) is 101 Å². The van der Waals surface area contributed by atoms with Crippen LogP contribution in [-0.4, -0.2) is 44.6 Å². The summed E-state index contributed by atoms with van der Waals surface area (Å²) in [6, 6.07) is 5.14. The second-order valence-corrected chi connectivity index (χ2v) is 7.47. The van der Waals surface area contributed by atoms with Crippen molar-refractivity contribution in [3.05, 3.63) is 40.9 Å². The number of thioether (sulfide) groups is 1. The lowest BCUT2D eigenvalue weighted by atomic mass is 9.97. The predicted molar refractivity (Wildman–Crippen MR) is 107 cm³/mol. The Labute approximate surface area is 162 Å². The third-order valence-corrected chi connectivity index (χ3v) is 5.31. The molecule has 146 valence electrons. The number of rotatable bonds is 9. The Morgan fingerprint density at radius 3 is 2.67 bits per heavy atom. The highest BCUT2D eigenvalue weighted by Gasteiger charge is 2.30. The number of benzene rings is 1. The fraction of sp³-hybridized carbons (Fsp3) is 0.474. The minimum absolute atomic E-state index is 0.166. The van der Waals surface area contributed by atoms with Gasteiger partial charge < -0.3 is 10.4 Å². The maximum Gasteiger partial charge on any atom is 0.326 e. The van der Waals surface area contributed by atoms with Crippen LogP contribution < -0.4 is 10.9 Å². The van der Waals surface area contributed by atoms with E-state index in [1.54, 1.807) is 24.3 Å². The first-order valence-corrected chi connectivity index (χ1v) is 10.3. The minimum atomic E-state index is -1.08. The van der Waals surface area contributed by atoms with Crippen LogP contribution in [0.4, 0.5) is 0 Å². The molecule has 0 aliphatic carbocycles. The number of carboxylic acid groups (broad SMARTS) is 1. The molecule has 0 saturated heterocycles. The summed E-state index contributed by atoms with van der Waals surface area (Å²) in [4.78, 5) is 41.6. The van der Waals surface area contributed by atoms with Gasteiger partial charge in [-0.2, -0.15) is 11.8 Å². The lowest BCUT2D eigenvalue weighted by molar-refractivity contribution is -0.142. The van der Waals surface area contributed by atoms with Gasteiger partial charge in [0, 0.05) is 0 Å². The van der Waals surface area contributed by atoms with Gasteiger partial charge in [-0.1, -0.05) is 32.4 Å². The number of fused-ring (bicyclic) bond motifs is 1. The average Bonchev–Trinajstić information content (AvgIpc) is 2.66. The zero-order valence-electron chi connectivity index (χ0n) is 15.7. The van der Waals surface area contributed by atoms with E-state index in [4.69, 9.17) is 0 Å². The van der Waals surface area contributed by atoms with Crippen LogP contribution in [0.25, 0.3) is 10.9 Å². The fourth-order valence-corrected chi connectivity index (χ4v) is 3.38. The molecule has 0 aliphatic heterocycles. The molecule has 0 bridgehead atoms. The Morgan fingerprint density at radius 2 is 2.04 bits per heavy atom. The number of nitrogens with one attached hydrogen (secondary N) is 1. The number of nitrogens with zero attached hydrogens (tertiary/aromatic N) is 2. The maximum atomic E-state index is 12.9. The molecule has 0 unspecified atom stereocenters. The van der Waals surface area contributed by atoms with Crippen molar-refractivity contribution >= 4 is 34.5 Å². The number of hydrogen-bond donors (Lipinski definition) is 2. The Bertz CT molecular complexity index is 867. The molecular weight excluding hydrogens is 366 g/mol. The zero-order valence-corrected chi connectivity index (χ0v) is 16.5. The number of aromatic nitrogens is 2. The van der Waals surface area contributed by atoms with E-state index in [-0.39, 0.29) is 11.5 Å². The lowest BCUT2D eigenvalue weighted by Crippen LogP contribution is -2.47. The normalized spacial score (nSPS) is 14.5. The summed E-state index contributed by atoms with van der Waals surface area (Å²) in [5.41, 5.74) is 0.252. The highest BCUT2D eigenvalue weighted by atomic mass is 32.2. The van der Waals surface area contributed by atoms with Gasteiger partial charge in [0.05, 0.1) is 17.2 Å². The first-order valence-electron chi connectivity index (χ1n) is 8.88. The van der Waals surface area contributed by atoms with Gasteiger partial charge in [-0.3, -0.25) is 14.2 Å². The van der Waals surface area contributed by atoms with Crippen LogP contribution in [0.1, 0.15) is 32.7 Å². The highest BCUT2D eigenvalue weighted by molar-refractivity contribution is 7.98. The molecule has 1 aromatic carbocycles. The van der Waals surface area contributed by atoms with Gasteiger partial charge in [0.15, 0.2) is 0 Å². The van der Waals surface area contributed by atoms with Gasteiger partial charge >= 0.3 is 5.97 Å². The third-order valence-electron chi connectivity index (χ3n) is 4.67. The van der Waals surface area contributed by atoms with E-state index in [0.717, 1.165) is 0 Å². The van der Waals surface area contributed by atoms with E-state index >= 15 is 0 Å². The molecule has 8 heteroatoms. The SMILES string of the molecule is CC[C@H](C)[C@@H](C(=O)N[C@@H](CCSC)C(=O)O)n1cnc2ccccc2c1=O. The van der Waals surface area contributed by atoms with Crippen molar-refractivity contribution in [2.75, 3.05) is 12.0 Å². The minimum Gasteiger partial charge on any atom is -0.480 e. The number of aliphatic carboxylic acids is 1. The molecule has 1 amide bonds. The molecule has 3 atom stereocenters. The number of amides is 1. The van der Waals surface area contributed by atoms with Crippen molar-refractivity contribution in [3.8, 4) is 0 Å². The molecule has 0 aliphatic rings. The molecule has 0 radical (unpaired) electrons. The largest absolute Gasteiger partial charge is 0.480 e. The Morgan fingerprint density at radius 1 is 1.33 bits per heavy atom. The Kier molecular flexibility index (Phi) is 7.41. The summed E-state index contributed by atoms with van der Waals surface area (Å²) in [6.45, 7) is 3.79. The van der Waals surface area contributed by atoms with E-state index in [2.05, 4.69) is 10.3 Å². The number of carbonyl (C=O) groups is 2. The van der Waals surface area contributed by atoms with Gasteiger partial charge in [-0.05, 0) is 36.5 Å². The van der Waals surface area contributed by atoms with Crippen molar-refractivity contribution < 1.29 is 14.7 Å². The van der Waals surface area contributed by atoms with Gasteiger partial charge in [0.2, 0.25) is 5.91 Å². The molecule has 1 aromatic heterocycles. The summed E-state index contributed by atoms with van der Waals surface area (Å²) in [5.74, 6) is -1.11. The smallest absolute Gasteiger partial charge is 0.326 e. The van der Waals surface area contributed by atoms with Crippen LogP contribution >= 0.6 is 11.8 Å². The molecule has 0 spiro atoms. The molecule has 0 saturated carbocycles. The third kappa shape index (κ3) is 4.88. The summed E-state index contributed by atoms with van der Waals surface area (Å²) in [6.07, 6.45) is 4.22. The molecule has 2 rings (SSSR count). The van der Waals surface area contributed by atoms with Crippen molar-refractivity contribution in [1.82, 2.24) is 14.9 Å². The van der Waals surface area contributed by atoms with E-state index in [9.17, 15) is 19.5 Å². The van der Waals surface area contributed by atoms with Crippen LogP contribution in [-0.2, 0) is 9.59 Å². The van der Waals surface area contributed by atoms with E-state index in [1.165, 1.54) is 22.7 Å². The zero-order chi connectivity index (χ0) is 20.0. The summed E-state index contributed by atoms with van der Waals surface area (Å²) in [5, 5.41) is 12.4. The van der Waals surface area contributed by atoms with Crippen LogP contribution in [0, 0.1) is 5.92 Å². The Hall–Kier alpha value is -2.35. The molecule has 27 heavy (non-hydrogen) atoms. The summed E-state index contributed by atoms with van der Waals surface area (Å²) >= 11 is 1.51. The number of carbonyl (C=O) groups excluding carboxylic acids is 1. The Balaban J connectivity index is 2.40. The van der Waals surface area contributed by atoms with Crippen LogP contribution in [0.3, 0.4) is 0 Å². The highest BCUT2D eigenvalue weighted by Crippen LogP contribution is 2.21. The summed E-state index contributed by atoms with van der Waals surface area (Å²) < 4.78 is 1.32. The summed E-state index contributed by atoms with van der Waals surface area (Å²) in [7, 11) is 0. The second kappa shape index (κ2) is 9.55. The van der Waals surface area contributed by atoms with Gasteiger partial charge in [0.1, 0.15) is 12.1 Å². The molecule has 2 N–H and O–H groups in total. The molecular formula is C19H25N3O4S. The molecule has 7 nitrogen and oxygen atoms in total. The molecule has 2 aromatic rings. The molecule has 1 heterocycles. The first-order chi connectivity index (χ1) is 12.9. The van der Waals surface area contributed by atoms with Gasteiger partial charge in [-0.25, -0.2) is 9.78 Å². The predicted octanol–water partition coefficient (Wildman–Crippen LogP) is 2.31. The fourth-order valence-electron chi connectivity index (χ4n) is 2.91. The van der Waals surface area contributed by atoms with Crippen LogP contribution in [0.15, 0.2) is 35.4 Å². The van der Waals surface area contributed by atoms with E-state index in [1.807, 2.05) is 20.1 Å². The van der Waals surface area contributed by atoms with E-state index < -0.39 is 24.0 Å². The van der Waals surface area contributed by atoms with Crippen LogP contribution in [0.5, 0.6) is 0 Å². The number of hydrogen-bond acceptors (Lipinski definition) is 5. The lowest BCUT2D eigenvalue weighted by Gasteiger charge is -2.26. The standard InChI is InChI=1S/C19H25N3O4S/c1-4-12(2)16(17(23)21-15(19(25)26)9-10-27-3)22-11-20-14-8-6-5-7-13(14)18(22)24/h5-8,11-12,15-16H,4,9-10H2,1-3H3,(H,21,23)(H,25,26)/t12-,15-,16-/m0/s1. The second-order valence-electron chi connectivity index (χ2n) is 6.49. The quantitative estimate of drug-likeness (QED) is 0.680. The van der Waals surface area contributed by atoms with Crippen LogP contribution in [0.2, 0.25) is 0 Å². The number of carboxylic acids is 1. The van der Waals surface area contributed by atoms with Crippen molar-refractivity contribution in [2.24, 2.45) is 5.92 Å². The van der Waals surface area contributed by atoms with Crippen molar-refractivity contribution in [1.29, 1.82) is 0 Å². The van der Waals surface area contributed by atoms with Gasteiger partial charge in [-0.15, -0.1) is 0 Å². The maximum absolute atomic E-state index is 12.9. The van der Waals surface area contributed by atoms with Crippen molar-refractivity contribution in [2.45, 2.75) is 38.8 Å². The monoisotopic (exact) mass is 391 g/mol. The molecule has 0 fully saturated rings. The van der Waals surface area contributed by atoms with Crippen molar-refractivity contribution in [3.63, 3.8) is 0 Å². The van der Waals surface area contributed by atoms with Gasteiger partial charge in [0.25, 0.3) is 5.56 Å². The van der Waals surface area contributed by atoms with E-state index in [0.29, 0.717) is 29.5 Å². The first kappa shape index (κ1) is 21.0.